The molecule has 0 aromatic heterocycles. The summed E-state index contributed by atoms with van der Waals surface area (Å²) < 4.78 is 6.16. The lowest BCUT2D eigenvalue weighted by molar-refractivity contribution is -0.195. The van der Waals surface area contributed by atoms with E-state index in [0.29, 0.717) is 35.7 Å². The Morgan fingerprint density at radius 3 is 2.48 bits per heavy atom. The van der Waals surface area contributed by atoms with Gasteiger partial charge in [0.25, 0.3) is 0 Å². The van der Waals surface area contributed by atoms with Crippen LogP contribution in [0.1, 0.15) is 79.6 Å². The third kappa shape index (κ3) is 2.94. The number of aliphatic hydroxyl groups excluding tert-OH is 2. The van der Waals surface area contributed by atoms with E-state index >= 15 is 0 Å². The monoisotopic (exact) mass is 378 g/mol. The van der Waals surface area contributed by atoms with Crippen molar-refractivity contribution in [2.75, 3.05) is 6.61 Å². The maximum Gasteiger partial charge on any atom is 0.0606 e. The lowest BCUT2D eigenvalue weighted by Crippen LogP contribution is -2.60. The highest BCUT2D eigenvalue weighted by Crippen LogP contribution is 2.68. The first-order valence-electron chi connectivity index (χ1n) is 11.7. The van der Waals surface area contributed by atoms with Gasteiger partial charge in [0.05, 0.1) is 18.3 Å². The molecule has 2 unspecified atom stereocenters. The molecule has 11 atom stereocenters. The largest absolute Gasteiger partial charge is 0.393 e. The molecule has 156 valence electrons. The van der Waals surface area contributed by atoms with Crippen LogP contribution in [0.5, 0.6) is 0 Å². The zero-order valence-corrected chi connectivity index (χ0v) is 18.2. The van der Waals surface area contributed by atoms with Gasteiger partial charge in [0.2, 0.25) is 0 Å². The first-order chi connectivity index (χ1) is 12.7. The summed E-state index contributed by atoms with van der Waals surface area (Å²) in [6.07, 6.45) is 8.10. The molecule has 0 spiro atoms. The highest BCUT2D eigenvalue weighted by atomic mass is 16.5. The molecule has 4 rings (SSSR count). The van der Waals surface area contributed by atoms with Crippen molar-refractivity contribution in [3.8, 4) is 0 Å². The van der Waals surface area contributed by atoms with E-state index < -0.39 is 0 Å². The summed E-state index contributed by atoms with van der Waals surface area (Å²) in [5.74, 6) is 3.44. The Hall–Kier alpha value is -0.120. The van der Waals surface area contributed by atoms with E-state index in [1.54, 1.807) is 0 Å². The molecule has 3 nitrogen and oxygen atoms in total. The minimum Gasteiger partial charge on any atom is -0.393 e. The Labute approximate surface area is 166 Å². The molecular formula is C24H42O3. The molecule has 0 aromatic carbocycles. The maximum atomic E-state index is 11.5. The van der Waals surface area contributed by atoms with Gasteiger partial charge in [0.15, 0.2) is 0 Å². The van der Waals surface area contributed by atoms with E-state index in [-0.39, 0.29) is 23.0 Å². The Balaban J connectivity index is 1.64. The molecule has 4 aliphatic carbocycles. The van der Waals surface area contributed by atoms with Crippen molar-refractivity contribution >= 4 is 0 Å². The Morgan fingerprint density at radius 1 is 1.07 bits per heavy atom. The van der Waals surface area contributed by atoms with Crippen LogP contribution in [0, 0.1) is 46.3 Å². The SMILES string of the molecule is CCO[C@H]1C[C@@]2(C)[C@@H](CC[C@H]3[C@@H]4CC[C@H](C(C)O)[C@@]4(C)CC(O)[C@@H]32)C[C@@H]1C. The van der Waals surface area contributed by atoms with Crippen LogP contribution >= 0.6 is 0 Å². The van der Waals surface area contributed by atoms with Gasteiger partial charge in [-0.3, -0.25) is 0 Å². The summed E-state index contributed by atoms with van der Waals surface area (Å²) >= 11 is 0. The third-order valence-corrected chi connectivity index (χ3v) is 9.96. The summed E-state index contributed by atoms with van der Waals surface area (Å²) in [6.45, 7) is 12.1. The molecule has 4 fully saturated rings. The molecule has 4 saturated carbocycles. The first-order valence-corrected chi connectivity index (χ1v) is 11.7. The number of rotatable bonds is 3. The standard InChI is InChI=1S/C24H42O3/c1-6-27-21-13-23(4)16(11-14(21)2)7-8-17-19-10-9-18(15(3)25)24(19,5)12-20(26)22(17)23/h14-22,25-26H,6-13H2,1-5H3/t14-,15?,16-,17-,18+,19-,20?,21-,22+,23-,24+/m0/s1. The maximum absolute atomic E-state index is 11.5. The molecule has 27 heavy (non-hydrogen) atoms. The predicted molar refractivity (Wildman–Crippen MR) is 108 cm³/mol. The second-order valence-corrected chi connectivity index (χ2v) is 11.2. The van der Waals surface area contributed by atoms with E-state index in [2.05, 4.69) is 27.7 Å². The normalized spacial score (nSPS) is 56.1. The van der Waals surface area contributed by atoms with Crippen molar-refractivity contribution in [2.24, 2.45) is 46.3 Å². The Kier molecular flexibility index (Phi) is 5.22. The fraction of sp³-hybridized carbons (Fsp3) is 1.00. The van der Waals surface area contributed by atoms with Gasteiger partial charge in [-0.2, -0.15) is 0 Å². The van der Waals surface area contributed by atoms with E-state index in [9.17, 15) is 10.2 Å². The topological polar surface area (TPSA) is 49.7 Å². The van der Waals surface area contributed by atoms with Crippen LogP contribution in [-0.2, 0) is 4.74 Å². The zero-order valence-electron chi connectivity index (χ0n) is 18.2. The van der Waals surface area contributed by atoms with Crippen LogP contribution in [0.15, 0.2) is 0 Å². The third-order valence-electron chi connectivity index (χ3n) is 9.96. The van der Waals surface area contributed by atoms with Gasteiger partial charge in [0, 0.05) is 6.61 Å². The zero-order chi connectivity index (χ0) is 19.6. The Bertz CT molecular complexity index is 548. The number of ether oxygens (including phenoxy) is 1. The first kappa shape index (κ1) is 20.2. The molecule has 2 N–H and O–H groups in total. The highest BCUT2D eigenvalue weighted by molar-refractivity contribution is 5.13. The molecule has 0 saturated heterocycles. The summed E-state index contributed by atoms with van der Waals surface area (Å²) in [4.78, 5) is 0. The second-order valence-electron chi connectivity index (χ2n) is 11.2. The van der Waals surface area contributed by atoms with Gasteiger partial charge in [-0.25, -0.2) is 0 Å². The van der Waals surface area contributed by atoms with Crippen LogP contribution < -0.4 is 0 Å². The van der Waals surface area contributed by atoms with Crippen LogP contribution in [0.4, 0.5) is 0 Å². The molecule has 0 heterocycles. The molecule has 0 radical (unpaired) electrons. The van der Waals surface area contributed by atoms with Gasteiger partial charge in [0.1, 0.15) is 0 Å². The molecule has 4 aliphatic rings. The molecule has 3 heteroatoms. The lowest BCUT2D eigenvalue weighted by Gasteiger charge is -2.63. The number of hydrogen-bond acceptors (Lipinski definition) is 3. The van der Waals surface area contributed by atoms with Crippen molar-refractivity contribution < 1.29 is 14.9 Å². The highest BCUT2D eigenvalue weighted by Gasteiger charge is 2.64. The molecule has 0 aromatic rings. The lowest BCUT2D eigenvalue weighted by atomic mass is 9.43. The average Bonchev–Trinajstić information content (AvgIpc) is 2.92. The van der Waals surface area contributed by atoms with Gasteiger partial charge in [-0.1, -0.05) is 20.8 Å². The van der Waals surface area contributed by atoms with E-state index in [4.69, 9.17) is 4.74 Å². The number of aliphatic hydroxyl groups is 2. The molecule has 0 bridgehead atoms. The van der Waals surface area contributed by atoms with Crippen molar-refractivity contribution in [1.29, 1.82) is 0 Å². The van der Waals surface area contributed by atoms with Gasteiger partial charge in [-0.15, -0.1) is 0 Å². The van der Waals surface area contributed by atoms with Gasteiger partial charge >= 0.3 is 0 Å². The number of fused-ring (bicyclic) bond motifs is 5. The van der Waals surface area contributed by atoms with E-state index in [1.165, 1.54) is 25.7 Å². The van der Waals surface area contributed by atoms with E-state index in [1.807, 2.05) is 6.92 Å². The molecule has 0 aliphatic heterocycles. The fourth-order valence-corrected chi connectivity index (χ4v) is 8.87. The quantitative estimate of drug-likeness (QED) is 0.752. The fourth-order valence-electron chi connectivity index (χ4n) is 8.87. The summed E-state index contributed by atoms with van der Waals surface area (Å²) in [6, 6.07) is 0. The molecular weight excluding hydrogens is 336 g/mol. The second kappa shape index (κ2) is 6.99. The number of hydrogen-bond donors (Lipinski definition) is 2. The smallest absolute Gasteiger partial charge is 0.0606 e. The minimum atomic E-state index is -0.256. The average molecular weight is 379 g/mol. The van der Waals surface area contributed by atoms with Crippen molar-refractivity contribution in [3.05, 3.63) is 0 Å². The Morgan fingerprint density at radius 2 is 1.81 bits per heavy atom. The van der Waals surface area contributed by atoms with Gasteiger partial charge < -0.3 is 14.9 Å². The molecule has 0 amide bonds. The van der Waals surface area contributed by atoms with Crippen LogP contribution in [-0.4, -0.2) is 35.1 Å². The van der Waals surface area contributed by atoms with Gasteiger partial charge in [-0.05, 0) is 105 Å². The summed E-state index contributed by atoms with van der Waals surface area (Å²) in [5, 5.41) is 21.9. The minimum absolute atomic E-state index is 0.110. The van der Waals surface area contributed by atoms with Crippen molar-refractivity contribution in [2.45, 2.75) is 97.9 Å². The van der Waals surface area contributed by atoms with Crippen LogP contribution in [0.3, 0.4) is 0 Å². The van der Waals surface area contributed by atoms with Crippen LogP contribution in [0.2, 0.25) is 0 Å². The predicted octanol–water partition coefficient (Wildman–Crippen LogP) is 4.65. The summed E-state index contributed by atoms with van der Waals surface area (Å²) in [5.41, 5.74) is 0.318. The summed E-state index contributed by atoms with van der Waals surface area (Å²) in [7, 11) is 0. The van der Waals surface area contributed by atoms with Crippen molar-refractivity contribution in [3.63, 3.8) is 0 Å². The van der Waals surface area contributed by atoms with E-state index in [0.717, 1.165) is 31.8 Å². The van der Waals surface area contributed by atoms with Crippen LogP contribution in [0.25, 0.3) is 0 Å². The van der Waals surface area contributed by atoms with Crippen molar-refractivity contribution in [1.82, 2.24) is 0 Å².